The maximum atomic E-state index is 10.4. The zero-order chi connectivity index (χ0) is 17.6. The standard InChI is InChI=1S/C18H19N7O.2ClH/c26-16-5-12(13-6-21-22-7-13)1-2-14(16)15-8-20-17(24-23-15)25-4-3-18(11-25)9-19-10-18;;/h1-2,5-8,19,26H,3-4,9-11H2,(H,21,22);2*1H. The number of halogens is 2. The van der Waals surface area contributed by atoms with Gasteiger partial charge in [-0.1, -0.05) is 6.07 Å². The summed E-state index contributed by atoms with van der Waals surface area (Å²) < 4.78 is 0. The summed E-state index contributed by atoms with van der Waals surface area (Å²) in [5.74, 6) is 0.806. The summed E-state index contributed by atoms with van der Waals surface area (Å²) in [6, 6.07) is 5.45. The van der Waals surface area contributed by atoms with Crippen molar-refractivity contribution in [3.63, 3.8) is 0 Å². The molecule has 0 atom stereocenters. The van der Waals surface area contributed by atoms with Crippen LogP contribution in [-0.4, -0.2) is 56.7 Å². The SMILES string of the molecule is Cl.Cl.Oc1cc(-c2cn[nH]c2)ccc1-c1cnc(N2CCC3(CNC3)C2)nn1. The van der Waals surface area contributed by atoms with Crippen LogP contribution in [0.2, 0.25) is 0 Å². The number of hydrogen-bond acceptors (Lipinski definition) is 7. The lowest BCUT2D eigenvalue weighted by molar-refractivity contribution is 0.199. The molecule has 0 unspecified atom stereocenters. The highest BCUT2D eigenvalue weighted by Crippen LogP contribution is 2.36. The van der Waals surface area contributed by atoms with Gasteiger partial charge in [0.2, 0.25) is 5.95 Å². The highest BCUT2D eigenvalue weighted by atomic mass is 35.5. The number of rotatable bonds is 3. The Morgan fingerprint density at radius 3 is 2.50 bits per heavy atom. The van der Waals surface area contributed by atoms with E-state index in [9.17, 15) is 5.11 Å². The van der Waals surface area contributed by atoms with E-state index in [2.05, 4.69) is 35.6 Å². The van der Waals surface area contributed by atoms with E-state index in [1.165, 1.54) is 6.42 Å². The molecule has 3 N–H and O–H groups in total. The molecule has 2 fully saturated rings. The quantitative estimate of drug-likeness (QED) is 0.595. The van der Waals surface area contributed by atoms with E-state index >= 15 is 0 Å². The van der Waals surface area contributed by atoms with Crippen molar-refractivity contribution in [3.8, 4) is 28.1 Å². The summed E-state index contributed by atoms with van der Waals surface area (Å²) in [7, 11) is 0. The van der Waals surface area contributed by atoms with Crippen LogP contribution in [0.4, 0.5) is 5.95 Å². The Morgan fingerprint density at radius 2 is 1.93 bits per heavy atom. The molecular formula is C18H21Cl2N7O. The number of H-pyrrole nitrogens is 1. The fourth-order valence-corrected chi connectivity index (χ4v) is 3.75. The first-order valence-electron chi connectivity index (χ1n) is 8.70. The number of nitrogens with one attached hydrogen (secondary N) is 2. The molecule has 0 bridgehead atoms. The monoisotopic (exact) mass is 421 g/mol. The molecule has 5 rings (SSSR count). The van der Waals surface area contributed by atoms with E-state index < -0.39 is 0 Å². The van der Waals surface area contributed by atoms with Gasteiger partial charge in [0, 0.05) is 48.9 Å². The molecule has 0 saturated carbocycles. The molecule has 148 valence electrons. The molecule has 2 aromatic heterocycles. The zero-order valence-electron chi connectivity index (χ0n) is 15.0. The van der Waals surface area contributed by atoms with E-state index in [-0.39, 0.29) is 30.6 Å². The minimum Gasteiger partial charge on any atom is -0.507 e. The maximum absolute atomic E-state index is 10.4. The number of phenolic OH excluding ortho intramolecular Hbond substituents is 1. The van der Waals surface area contributed by atoms with Gasteiger partial charge < -0.3 is 15.3 Å². The number of phenols is 1. The lowest BCUT2D eigenvalue weighted by Crippen LogP contribution is -2.54. The number of anilines is 1. The van der Waals surface area contributed by atoms with E-state index in [1.54, 1.807) is 24.7 Å². The maximum Gasteiger partial charge on any atom is 0.245 e. The van der Waals surface area contributed by atoms with Crippen molar-refractivity contribution in [2.75, 3.05) is 31.1 Å². The molecule has 2 aliphatic rings. The molecule has 28 heavy (non-hydrogen) atoms. The third-order valence-electron chi connectivity index (χ3n) is 5.38. The molecule has 0 aliphatic carbocycles. The molecule has 0 radical (unpaired) electrons. The predicted molar refractivity (Wildman–Crippen MR) is 111 cm³/mol. The molecule has 0 amide bonds. The summed E-state index contributed by atoms with van der Waals surface area (Å²) in [5.41, 5.74) is 3.37. The number of nitrogens with zero attached hydrogens (tertiary/aromatic N) is 5. The number of benzene rings is 1. The Balaban J connectivity index is 0.00000112. The highest BCUT2D eigenvalue weighted by molar-refractivity contribution is 5.85. The third kappa shape index (κ3) is 3.50. The van der Waals surface area contributed by atoms with Crippen LogP contribution in [0.5, 0.6) is 5.75 Å². The lowest BCUT2D eigenvalue weighted by atomic mass is 9.81. The number of aromatic nitrogens is 5. The lowest BCUT2D eigenvalue weighted by Gasteiger charge is -2.38. The predicted octanol–water partition coefficient (Wildman–Crippen LogP) is 2.28. The van der Waals surface area contributed by atoms with Gasteiger partial charge in [0.05, 0.1) is 12.4 Å². The van der Waals surface area contributed by atoms with Gasteiger partial charge in [-0.2, -0.15) is 5.10 Å². The van der Waals surface area contributed by atoms with E-state index in [0.717, 1.165) is 37.3 Å². The molecule has 1 spiro atoms. The van der Waals surface area contributed by atoms with Crippen LogP contribution in [0, 0.1) is 5.41 Å². The van der Waals surface area contributed by atoms with Crippen molar-refractivity contribution < 1.29 is 5.11 Å². The van der Waals surface area contributed by atoms with Gasteiger partial charge in [-0.15, -0.1) is 35.0 Å². The normalized spacial score (nSPS) is 16.9. The first kappa shape index (κ1) is 20.3. The fourth-order valence-electron chi connectivity index (χ4n) is 3.75. The second-order valence-electron chi connectivity index (χ2n) is 7.14. The average molecular weight is 422 g/mol. The van der Waals surface area contributed by atoms with Crippen LogP contribution in [0.25, 0.3) is 22.4 Å². The van der Waals surface area contributed by atoms with Crippen LogP contribution >= 0.6 is 24.8 Å². The van der Waals surface area contributed by atoms with Gasteiger partial charge >= 0.3 is 0 Å². The van der Waals surface area contributed by atoms with Crippen molar-refractivity contribution in [1.82, 2.24) is 30.7 Å². The molecule has 1 aromatic carbocycles. The second kappa shape index (κ2) is 7.90. The van der Waals surface area contributed by atoms with Crippen molar-refractivity contribution >= 4 is 30.8 Å². The Bertz CT molecular complexity index is 930. The van der Waals surface area contributed by atoms with Crippen LogP contribution in [-0.2, 0) is 0 Å². The van der Waals surface area contributed by atoms with Gasteiger partial charge in [0.1, 0.15) is 11.4 Å². The zero-order valence-corrected chi connectivity index (χ0v) is 16.6. The number of hydrogen-bond donors (Lipinski definition) is 3. The van der Waals surface area contributed by atoms with Crippen molar-refractivity contribution in [3.05, 3.63) is 36.8 Å². The minimum absolute atomic E-state index is 0. The van der Waals surface area contributed by atoms with Crippen molar-refractivity contribution in [2.24, 2.45) is 5.41 Å². The Hall–Kier alpha value is -2.42. The summed E-state index contributed by atoms with van der Waals surface area (Å²) in [5, 5.41) is 29.0. The van der Waals surface area contributed by atoms with Crippen molar-refractivity contribution in [2.45, 2.75) is 6.42 Å². The van der Waals surface area contributed by atoms with Gasteiger partial charge in [-0.25, -0.2) is 4.98 Å². The topological polar surface area (TPSA) is 103 Å². The highest BCUT2D eigenvalue weighted by Gasteiger charge is 2.43. The van der Waals surface area contributed by atoms with E-state index in [0.29, 0.717) is 22.6 Å². The molecule has 3 aromatic rings. The minimum atomic E-state index is 0. The Kier molecular flexibility index (Phi) is 5.74. The smallest absolute Gasteiger partial charge is 0.245 e. The van der Waals surface area contributed by atoms with Gasteiger partial charge in [-0.05, 0) is 24.1 Å². The first-order valence-corrected chi connectivity index (χ1v) is 8.70. The van der Waals surface area contributed by atoms with E-state index in [4.69, 9.17) is 0 Å². The van der Waals surface area contributed by atoms with Gasteiger partial charge in [0.25, 0.3) is 0 Å². The average Bonchev–Trinajstić information content (AvgIpc) is 3.32. The Labute approximate surface area is 174 Å². The molecule has 8 nitrogen and oxygen atoms in total. The van der Waals surface area contributed by atoms with E-state index in [1.807, 2.05) is 12.1 Å². The Morgan fingerprint density at radius 1 is 1.07 bits per heavy atom. The summed E-state index contributed by atoms with van der Waals surface area (Å²) in [4.78, 5) is 6.67. The number of aromatic hydroxyl groups is 1. The second-order valence-corrected chi connectivity index (χ2v) is 7.14. The van der Waals surface area contributed by atoms with Gasteiger partial charge in [-0.3, -0.25) is 5.10 Å². The molecule has 4 heterocycles. The van der Waals surface area contributed by atoms with Crippen LogP contribution < -0.4 is 10.2 Å². The van der Waals surface area contributed by atoms with Crippen LogP contribution in [0.3, 0.4) is 0 Å². The number of aromatic amines is 1. The fraction of sp³-hybridized carbons (Fsp3) is 0.333. The molecule has 10 heteroatoms. The summed E-state index contributed by atoms with van der Waals surface area (Å²) in [6.07, 6.45) is 6.34. The summed E-state index contributed by atoms with van der Waals surface area (Å²) in [6.45, 7) is 4.09. The third-order valence-corrected chi connectivity index (χ3v) is 5.38. The van der Waals surface area contributed by atoms with Crippen LogP contribution in [0.1, 0.15) is 6.42 Å². The molecule has 2 saturated heterocycles. The summed E-state index contributed by atoms with van der Waals surface area (Å²) >= 11 is 0. The molecule has 2 aliphatic heterocycles. The first-order chi connectivity index (χ1) is 12.7. The molecular weight excluding hydrogens is 401 g/mol. The van der Waals surface area contributed by atoms with Gasteiger partial charge in [0.15, 0.2) is 0 Å². The largest absolute Gasteiger partial charge is 0.507 e. The van der Waals surface area contributed by atoms with Crippen molar-refractivity contribution in [1.29, 1.82) is 0 Å². The van der Waals surface area contributed by atoms with Crippen LogP contribution in [0.15, 0.2) is 36.8 Å².